The van der Waals surface area contributed by atoms with Crippen molar-refractivity contribution in [3.63, 3.8) is 0 Å². The maximum atomic E-state index is 14.6. The fourth-order valence-corrected chi connectivity index (χ4v) is 5.94. The second-order valence-corrected chi connectivity index (χ2v) is 12.2. The molecule has 0 spiro atoms. The maximum absolute atomic E-state index is 14.6. The number of sulfonamides is 1. The molecule has 1 heterocycles. The molecular formula is C30H34F3N3O5S. The van der Waals surface area contributed by atoms with Crippen LogP contribution in [0.3, 0.4) is 0 Å². The van der Waals surface area contributed by atoms with Gasteiger partial charge in [-0.05, 0) is 61.4 Å². The number of benzene rings is 3. The van der Waals surface area contributed by atoms with Crippen molar-refractivity contribution in [2.75, 3.05) is 38.6 Å². The molecule has 0 bridgehead atoms. The van der Waals surface area contributed by atoms with Gasteiger partial charge in [-0.25, -0.2) is 21.6 Å². The van der Waals surface area contributed by atoms with Crippen LogP contribution in [-0.4, -0.2) is 70.1 Å². The summed E-state index contributed by atoms with van der Waals surface area (Å²) in [6, 6.07) is 11.8. The molecule has 0 saturated carbocycles. The van der Waals surface area contributed by atoms with Gasteiger partial charge in [-0.2, -0.15) is 0 Å². The molecule has 3 aromatic rings. The first-order chi connectivity index (χ1) is 19.9. The maximum Gasteiger partial charge on any atom is 0.261 e. The van der Waals surface area contributed by atoms with Crippen LogP contribution in [0.5, 0.6) is 5.75 Å². The van der Waals surface area contributed by atoms with Crippen LogP contribution in [0.1, 0.15) is 29.8 Å². The van der Waals surface area contributed by atoms with E-state index in [1.807, 2.05) is 18.7 Å². The van der Waals surface area contributed by atoms with Crippen LogP contribution in [0, 0.1) is 23.4 Å². The second-order valence-electron chi connectivity index (χ2n) is 10.5. The van der Waals surface area contributed by atoms with Crippen molar-refractivity contribution in [3.05, 3.63) is 89.2 Å². The van der Waals surface area contributed by atoms with Gasteiger partial charge < -0.3 is 14.4 Å². The number of carbonyl (C=O) groups is 1. The SMILES string of the molecule is CO[C@@H]1CN(C)C(=O)c2ccc(NS(=O)(=O)c3cccc(F)c3)cc2OC[C@H](C)N(Cc2cc(F)ccc2F)C[C@H]1C. The molecule has 0 saturated heterocycles. The number of likely N-dealkylation sites (N-methyl/N-ethyl adjacent to an activating group) is 1. The summed E-state index contributed by atoms with van der Waals surface area (Å²) in [4.78, 5) is 16.6. The molecule has 0 radical (unpaired) electrons. The van der Waals surface area contributed by atoms with Crippen LogP contribution in [0.2, 0.25) is 0 Å². The smallest absolute Gasteiger partial charge is 0.261 e. The van der Waals surface area contributed by atoms with E-state index in [1.54, 1.807) is 14.2 Å². The Morgan fingerprint density at radius 3 is 2.45 bits per heavy atom. The molecule has 42 heavy (non-hydrogen) atoms. The third-order valence-electron chi connectivity index (χ3n) is 7.32. The zero-order valence-corrected chi connectivity index (χ0v) is 24.6. The van der Waals surface area contributed by atoms with Crippen LogP contribution in [-0.2, 0) is 21.3 Å². The van der Waals surface area contributed by atoms with Gasteiger partial charge in [-0.15, -0.1) is 0 Å². The highest BCUT2D eigenvalue weighted by molar-refractivity contribution is 7.92. The van der Waals surface area contributed by atoms with Gasteiger partial charge in [-0.1, -0.05) is 13.0 Å². The summed E-state index contributed by atoms with van der Waals surface area (Å²) in [6.45, 7) is 4.64. The highest BCUT2D eigenvalue weighted by atomic mass is 32.2. The molecule has 0 fully saturated rings. The summed E-state index contributed by atoms with van der Waals surface area (Å²) in [6.07, 6.45) is -0.368. The molecule has 3 atom stereocenters. The molecule has 0 aromatic heterocycles. The molecule has 1 aliphatic heterocycles. The number of nitrogens with one attached hydrogen (secondary N) is 1. The number of amides is 1. The molecule has 226 valence electrons. The predicted octanol–water partition coefficient (Wildman–Crippen LogP) is 4.91. The lowest BCUT2D eigenvalue weighted by Gasteiger charge is -2.36. The molecule has 4 rings (SSSR count). The summed E-state index contributed by atoms with van der Waals surface area (Å²) in [5.74, 6) is -2.11. The molecular weight excluding hydrogens is 571 g/mol. The Balaban J connectivity index is 1.68. The summed E-state index contributed by atoms with van der Waals surface area (Å²) in [5.41, 5.74) is 0.497. The van der Waals surface area contributed by atoms with Crippen molar-refractivity contribution in [2.45, 2.75) is 37.4 Å². The van der Waals surface area contributed by atoms with Crippen molar-refractivity contribution >= 4 is 21.6 Å². The lowest BCUT2D eigenvalue weighted by molar-refractivity contribution is 0.00903. The number of anilines is 1. The number of methoxy groups -OCH3 is 1. The minimum Gasteiger partial charge on any atom is -0.491 e. The Kier molecular flexibility index (Phi) is 9.80. The summed E-state index contributed by atoms with van der Waals surface area (Å²) in [5, 5.41) is 0. The quantitative estimate of drug-likeness (QED) is 0.430. The minimum atomic E-state index is -4.14. The molecule has 1 N–H and O–H groups in total. The van der Waals surface area contributed by atoms with Gasteiger partial charge in [0.15, 0.2) is 0 Å². The highest BCUT2D eigenvalue weighted by Gasteiger charge is 2.29. The number of ether oxygens (including phenoxy) is 2. The fourth-order valence-electron chi connectivity index (χ4n) is 4.86. The number of carbonyl (C=O) groups excluding carboxylic acids is 1. The van der Waals surface area contributed by atoms with Crippen LogP contribution < -0.4 is 9.46 Å². The molecule has 3 aromatic carbocycles. The van der Waals surface area contributed by atoms with Crippen molar-refractivity contribution in [1.82, 2.24) is 9.80 Å². The molecule has 1 aliphatic rings. The summed E-state index contributed by atoms with van der Waals surface area (Å²) < 4.78 is 82.2. The third-order valence-corrected chi connectivity index (χ3v) is 8.69. The number of hydrogen-bond acceptors (Lipinski definition) is 6. The van der Waals surface area contributed by atoms with Crippen molar-refractivity contribution < 1.29 is 35.9 Å². The second kappa shape index (κ2) is 13.1. The summed E-state index contributed by atoms with van der Waals surface area (Å²) >= 11 is 0. The van der Waals surface area contributed by atoms with E-state index in [1.165, 1.54) is 35.2 Å². The van der Waals surface area contributed by atoms with Gasteiger partial charge in [0.05, 0.1) is 22.3 Å². The van der Waals surface area contributed by atoms with E-state index in [0.29, 0.717) is 6.54 Å². The van der Waals surface area contributed by atoms with E-state index in [0.717, 1.165) is 30.3 Å². The van der Waals surface area contributed by atoms with E-state index in [4.69, 9.17) is 9.47 Å². The molecule has 1 amide bonds. The number of fused-ring (bicyclic) bond motifs is 1. The molecule has 0 unspecified atom stereocenters. The van der Waals surface area contributed by atoms with Crippen LogP contribution in [0.15, 0.2) is 65.6 Å². The lowest BCUT2D eigenvalue weighted by Crippen LogP contribution is -2.46. The molecule has 0 aliphatic carbocycles. The Labute approximate surface area is 244 Å². The van der Waals surface area contributed by atoms with Gasteiger partial charge >= 0.3 is 0 Å². The average molecular weight is 606 g/mol. The van der Waals surface area contributed by atoms with E-state index < -0.39 is 27.5 Å². The Hall–Kier alpha value is -3.61. The predicted molar refractivity (Wildman–Crippen MR) is 152 cm³/mol. The first-order valence-electron chi connectivity index (χ1n) is 13.4. The third kappa shape index (κ3) is 7.42. The van der Waals surface area contributed by atoms with Gasteiger partial charge in [0.2, 0.25) is 0 Å². The highest BCUT2D eigenvalue weighted by Crippen LogP contribution is 2.29. The zero-order valence-electron chi connectivity index (χ0n) is 23.8. The number of hydrogen-bond donors (Lipinski definition) is 1. The average Bonchev–Trinajstić information content (AvgIpc) is 2.95. The van der Waals surface area contributed by atoms with Crippen molar-refractivity contribution in [2.24, 2.45) is 5.92 Å². The molecule has 12 heteroatoms. The van der Waals surface area contributed by atoms with Crippen molar-refractivity contribution in [1.29, 1.82) is 0 Å². The number of rotatable bonds is 6. The van der Waals surface area contributed by atoms with E-state index in [-0.39, 0.29) is 71.1 Å². The lowest BCUT2D eigenvalue weighted by atomic mass is 10.0. The number of halogens is 3. The van der Waals surface area contributed by atoms with Crippen molar-refractivity contribution in [3.8, 4) is 5.75 Å². The van der Waals surface area contributed by atoms with E-state index in [9.17, 15) is 26.4 Å². The standard InChI is InChI=1S/C30H34F3N3O5S/c1-19-15-36(16-21-12-23(32)8-11-27(21)33)20(2)18-41-28-14-24(34-42(38,39)25-7-5-6-22(31)13-25)9-10-26(28)30(37)35(3)17-29(19)40-4/h5-14,19-20,29,34H,15-18H2,1-4H3/t19-,20+,29-/m1/s1. The number of nitrogens with zero attached hydrogens (tertiary/aromatic N) is 2. The van der Waals surface area contributed by atoms with Crippen LogP contribution in [0.4, 0.5) is 18.9 Å². The fraction of sp³-hybridized carbons (Fsp3) is 0.367. The van der Waals surface area contributed by atoms with Gasteiger partial charge in [0.25, 0.3) is 15.9 Å². The molecule has 8 nitrogen and oxygen atoms in total. The van der Waals surface area contributed by atoms with Crippen LogP contribution in [0.25, 0.3) is 0 Å². The Bertz CT molecular complexity index is 1540. The topological polar surface area (TPSA) is 88.2 Å². The van der Waals surface area contributed by atoms with E-state index >= 15 is 0 Å². The van der Waals surface area contributed by atoms with Gasteiger partial charge in [-0.3, -0.25) is 14.4 Å². The first-order valence-corrected chi connectivity index (χ1v) is 14.9. The minimum absolute atomic E-state index is 0.0470. The van der Waals surface area contributed by atoms with Crippen LogP contribution >= 0.6 is 0 Å². The van der Waals surface area contributed by atoms with Gasteiger partial charge in [0, 0.05) is 51.5 Å². The van der Waals surface area contributed by atoms with E-state index in [2.05, 4.69) is 4.72 Å². The first kappa shape index (κ1) is 31.3. The zero-order chi connectivity index (χ0) is 30.6. The normalized spacial score (nSPS) is 20.7. The Morgan fingerprint density at radius 1 is 1.00 bits per heavy atom. The monoisotopic (exact) mass is 605 g/mol. The van der Waals surface area contributed by atoms with Gasteiger partial charge in [0.1, 0.15) is 29.8 Å². The largest absolute Gasteiger partial charge is 0.491 e. The summed E-state index contributed by atoms with van der Waals surface area (Å²) in [7, 11) is -0.957. The Morgan fingerprint density at radius 2 is 1.74 bits per heavy atom.